The van der Waals surface area contributed by atoms with E-state index >= 15 is 0 Å². The smallest absolute Gasteiger partial charge is 0.262 e. The predicted octanol–water partition coefficient (Wildman–Crippen LogP) is 4.32. The molecule has 0 amide bonds. The molecule has 1 N–H and O–H groups in total. The van der Waals surface area contributed by atoms with Crippen LogP contribution in [0.2, 0.25) is 0 Å². The van der Waals surface area contributed by atoms with Gasteiger partial charge in [0.25, 0.3) is 5.89 Å². The van der Waals surface area contributed by atoms with E-state index in [0.717, 1.165) is 5.56 Å². The molecule has 21 heavy (non-hydrogen) atoms. The largest absolute Gasteiger partial charge is 0.507 e. The zero-order valence-electron chi connectivity index (χ0n) is 11.0. The minimum absolute atomic E-state index is 0.0639. The summed E-state index contributed by atoms with van der Waals surface area (Å²) in [5.41, 5.74) is 2.04. The highest BCUT2D eigenvalue weighted by molar-refractivity contribution is 9.10. The van der Waals surface area contributed by atoms with Gasteiger partial charge in [0.1, 0.15) is 11.6 Å². The fourth-order valence-corrected chi connectivity index (χ4v) is 2.46. The maximum atomic E-state index is 13.1. The second-order valence-corrected chi connectivity index (χ2v) is 5.42. The number of nitrogens with zero attached hydrogens (tertiary/aromatic N) is 2. The molecule has 0 aliphatic carbocycles. The van der Waals surface area contributed by atoms with Gasteiger partial charge < -0.3 is 9.63 Å². The van der Waals surface area contributed by atoms with E-state index in [1.165, 1.54) is 12.1 Å². The first-order valence-corrected chi connectivity index (χ1v) is 6.93. The molecule has 1 aromatic heterocycles. The van der Waals surface area contributed by atoms with Crippen molar-refractivity contribution < 1.29 is 14.0 Å². The molecular formula is C15H10BrFN2O2. The number of benzene rings is 2. The lowest BCUT2D eigenvalue weighted by molar-refractivity contribution is 0.425. The number of halogens is 2. The average molecular weight is 349 g/mol. The normalized spacial score (nSPS) is 10.8. The van der Waals surface area contributed by atoms with Gasteiger partial charge in [0.15, 0.2) is 0 Å². The molecule has 3 rings (SSSR count). The molecule has 4 nitrogen and oxygen atoms in total. The summed E-state index contributed by atoms with van der Waals surface area (Å²) in [6.07, 6.45) is 0. The maximum Gasteiger partial charge on any atom is 0.262 e. The number of phenols is 1. The summed E-state index contributed by atoms with van der Waals surface area (Å²) in [4.78, 5) is 4.25. The van der Waals surface area contributed by atoms with Crippen molar-refractivity contribution >= 4 is 15.9 Å². The molecule has 0 radical (unpaired) electrons. The summed E-state index contributed by atoms with van der Waals surface area (Å²) in [5.74, 6) is 0.236. The fraction of sp³-hybridized carbons (Fsp3) is 0.0667. The Balaban J connectivity index is 2.06. The van der Waals surface area contributed by atoms with Crippen LogP contribution in [0.4, 0.5) is 4.39 Å². The van der Waals surface area contributed by atoms with Crippen LogP contribution in [0.15, 0.2) is 45.4 Å². The zero-order chi connectivity index (χ0) is 15.0. The number of phenolic OH excluding ortho intramolecular Hbond substituents is 1. The third-order valence-electron chi connectivity index (χ3n) is 2.98. The Kier molecular flexibility index (Phi) is 3.47. The van der Waals surface area contributed by atoms with Crippen molar-refractivity contribution in [3.63, 3.8) is 0 Å². The molecular weight excluding hydrogens is 339 g/mol. The molecule has 106 valence electrons. The van der Waals surface area contributed by atoms with Crippen molar-refractivity contribution in [2.75, 3.05) is 0 Å². The quantitative estimate of drug-likeness (QED) is 0.749. The van der Waals surface area contributed by atoms with Gasteiger partial charge >= 0.3 is 0 Å². The van der Waals surface area contributed by atoms with E-state index in [9.17, 15) is 9.50 Å². The van der Waals surface area contributed by atoms with E-state index in [-0.39, 0.29) is 17.5 Å². The molecule has 2 aromatic carbocycles. The first-order valence-electron chi connectivity index (χ1n) is 6.14. The molecule has 0 saturated heterocycles. The Bertz CT molecular complexity index is 817. The molecule has 0 atom stereocenters. The number of rotatable bonds is 2. The van der Waals surface area contributed by atoms with Gasteiger partial charge in [0, 0.05) is 10.0 Å². The van der Waals surface area contributed by atoms with E-state index in [0.29, 0.717) is 21.4 Å². The fourth-order valence-electron chi connectivity index (χ4n) is 1.93. The second-order valence-electron chi connectivity index (χ2n) is 4.57. The first kappa shape index (κ1) is 13.8. The molecule has 1 heterocycles. The van der Waals surface area contributed by atoms with Crippen molar-refractivity contribution in [3.8, 4) is 28.6 Å². The summed E-state index contributed by atoms with van der Waals surface area (Å²) in [6, 6.07) is 9.32. The first-order chi connectivity index (χ1) is 10.0. The highest BCUT2D eigenvalue weighted by atomic mass is 79.9. The summed E-state index contributed by atoms with van der Waals surface area (Å²) in [5, 5.41) is 13.7. The van der Waals surface area contributed by atoms with E-state index < -0.39 is 0 Å². The van der Waals surface area contributed by atoms with Crippen LogP contribution in [-0.2, 0) is 0 Å². The van der Waals surface area contributed by atoms with E-state index in [1.807, 2.05) is 6.92 Å². The average Bonchev–Trinajstić information content (AvgIpc) is 2.91. The van der Waals surface area contributed by atoms with Crippen LogP contribution in [0.3, 0.4) is 0 Å². The van der Waals surface area contributed by atoms with Gasteiger partial charge in [-0.15, -0.1) is 0 Å². The van der Waals surface area contributed by atoms with Crippen LogP contribution in [-0.4, -0.2) is 15.2 Å². The van der Waals surface area contributed by atoms with Crippen LogP contribution < -0.4 is 0 Å². The molecule has 0 saturated carbocycles. The topological polar surface area (TPSA) is 59.2 Å². The van der Waals surface area contributed by atoms with Gasteiger partial charge in [-0.25, -0.2) is 4.39 Å². The Hall–Kier alpha value is -2.21. The lowest BCUT2D eigenvalue weighted by Crippen LogP contribution is -1.85. The standard InChI is InChI=1S/C15H10BrFN2O2/c1-8-2-5-13(20)11(6-8)15-18-14(19-21-15)10-4-3-9(17)7-12(10)16/h2-7,20H,1H3. The number of hydrogen-bond acceptors (Lipinski definition) is 4. The molecule has 0 unspecified atom stereocenters. The molecule has 0 bridgehead atoms. The third kappa shape index (κ3) is 2.67. The molecule has 0 spiro atoms. The maximum absolute atomic E-state index is 13.1. The third-order valence-corrected chi connectivity index (χ3v) is 3.64. The van der Waals surface area contributed by atoms with Gasteiger partial charge in [-0.1, -0.05) is 16.8 Å². The van der Waals surface area contributed by atoms with Crippen molar-refractivity contribution in [2.24, 2.45) is 0 Å². The molecule has 0 aliphatic heterocycles. The summed E-state index contributed by atoms with van der Waals surface area (Å²) in [6.45, 7) is 1.90. The number of aryl methyl sites for hydroxylation is 1. The Morgan fingerprint density at radius 3 is 2.71 bits per heavy atom. The predicted molar refractivity (Wildman–Crippen MR) is 79.2 cm³/mol. The highest BCUT2D eigenvalue weighted by Crippen LogP contribution is 2.32. The molecule has 6 heteroatoms. The van der Waals surface area contributed by atoms with Gasteiger partial charge in [-0.3, -0.25) is 0 Å². The van der Waals surface area contributed by atoms with Crippen LogP contribution in [0.1, 0.15) is 5.56 Å². The summed E-state index contributed by atoms with van der Waals surface area (Å²) >= 11 is 3.26. The summed E-state index contributed by atoms with van der Waals surface area (Å²) < 4.78 is 18.8. The van der Waals surface area contributed by atoms with Crippen molar-refractivity contribution in [1.29, 1.82) is 0 Å². The second kappa shape index (κ2) is 5.29. The van der Waals surface area contributed by atoms with E-state index in [2.05, 4.69) is 26.1 Å². The van der Waals surface area contributed by atoms with E-state index in [4.69, 9.17) is 4.52 Å². The SMILES string of the molecule is Cc1ccc(O)c(-c2nc(-c3ccc(F)cc3Br)no2)c1. The van der Waals surface area contributed by atoms with Gasteiger partial charge in [0.05, 0.1) is 5.56 Å². The van der Waals surface area contributed by atoms with Crippen LogP contribution >= 0.6 is 15.9 Å². The van der Waals surface area contributed by atoms with Crippen molar-refractivity contribution in [2.45, 2.75) is 6.92 Å². The van der Waals surface area contributed by atoms with Crippen molar-refractivity contribution in [3.05, 3.63) is 52.3 Å². The molecule has 0 aliphatic rings. The highest BCUT2D eigenvalue weighted by Gasteiger charge is 2.16. The van der Waals surface area contributed by atoms with Gasteiger partial charge in [0.2, 0.25) is 5.82 Å². The molecule has 3 aromatic rings. The molecule has 0 fully saturated rings. The van der Waals surface area contributed by atoms with Gasteiger partial charge in [-0.2, -0.15) is 4.98 Å². The lowest BCUT2D eigenvalue weighted by atomic mass is 10.1. The van der Waals surface area contributed by atoms with Crippen LogP contribution in [0.25, 0.3) is 22.8 Å². The Morgan fingerprint density at radius 2 is 1.95 bits per heavy atom. The zero-order valence-corrected chi connectivity index (χ0v) is 12.6. The minimum Gasteiger partial charge on any atom is -0.507 e. The van der Waals surface area contributed by atoms with Crippen LogP contribution in [0.5, 0.6) is 5.75 Å². The van der Waals surface area contributed by atoms with Gasteiger partial charge in [-0.05, 0) is 53.2 Å². The lowest BCUT2D eigenvalue weighted by Gasteiger charge is -2.00. The Labute approximate surface area is 128 Å². The number of aromatic hydroxyl groups is 1. The Morgan fingerprint density at radius 1 is 1.14 bits per heavy atom. The van der Waals surface area contributed by atoms with Crippen molar-refractivity contribution in [1.82, 2.24) is 10.1 Å². The monoisotopic (exact) mass is 348 g/mol. The number of aromatic nitrogens is 2. The van der Waals surface area contributed by atoms with E-state index in [1.54, 1.807) is 24.3 Å². The number of hydrogen-bond donors (Lipinski definition) is 1. The summed E-state index contributed by atoms with van der Waals surface area (Å²) in [7, 11) is 0. The van der Waals surface area contributed by atoms with Crippen LogP contribution in [0, 0.1) is 12.7 Å². The minimum atomic E-state index is -0.356.